The number of aromatic nitrogens is 3. The number of imidazole rings is 1. The van der Waals surface area contributed by atoms with Crippen LogP contribution in [0, 0.1) is 0 Å². The monoisotopic (exact) mass is 368 g/mol. The van der Waals surface area contributed by atoms with Crippen molar-refractivity contribution in [2.75, 3.05) is 11.1 Å². The number of pyridine rings is 1. The molecule has 26 heavy (non-hydrogen) atoms. The van der Waals surface area contributed by atoms with E-state index in [2.05, 4.69) is 22.2 Å². The lowest BCUT2D eigenvalue weighted by atomic mass is 10.2. The Balaban J connectivity index is 1.59. The summed E-state index contributed by atoms with van der Waals surface area (Å²) in [6, 6.07) is 10.8. The molecule has 0 saturated heterocycles. The first-order valence-corrected chi connectivity index (χ1v) is 9.23. The van der Waals surface area contributed by atoms with Crippen LogP contribution in [0.1, 0.15) is 23.1 Å². The molecule has 0 aliphatic carbocycles. The second-order valence-corrected chi connectivity index (χ2v) is 6.82. The number of nitrogens with one attached hydrogen (secondary N) is 1. The summed E-state index contributed by atoms with van der Waals surface area (Å²) in [6.07, 6.45) is 5.27. The third kappa shape index (κ3) is 4.64. The van der Waals surface area contributed by atoms with Crippen molar-refractivity contribution in [1.82, 2.24) is 14.5 Å². The molecule has 1 aromatic carbocycles. The quantitative estimate of drug-likeness (QED) is 0.643. The molecule has 0 fully saturated rings. The molecule has 0 aliphatic rings. The van der Waals surface area contributed by atoms with Crippen LogP contribution in [0.2, 0.25) is 0 Å². The Morgan fingerprint density at radius 1 is 1.19 bits per heavy atom. The summed E-state index contributed by atoms with van der Waals surface area (Å²) in [5.74, 6) is 2.32. The Morgan fingerprint density at radius 3 is 2.69 bits per heavy atom. The number of carbonyl (C=O) groups is 1. The van der Waals surface area contributed by atoms with Crippen LogP contribution in [0.25, 0.3) is 0 Å². The number of ether oxygens (including phenoxy) is 1. The van der Waals surface area contributed by atoms with Gasteiger partial charge in [-0.25, -0.2) is 9.97 Å². The molecule has 2 heterocycles. The van der Waals surface area contributed by atoms with E-state index in [1.807, 2.05) is 42.1 Å². The molecular formula is C19H20N4O2S. The van der Waals surface area contributed by atoms with Gasteiger partial charge in [-0.15, -0.1) is 11.8 Å². The van der Waals surface area contributed by atoms with Gasteiger partial charge in [0.05, 0.1) is 5.03 Å². The first-order chi connectivity index (χ1) is 12.7. The fourth-order valence-electron chi connectivity index (χ4n) is 2.30. The molecule has 0 atom stereocenters. The van der Waals surface area contributed by atoms with Crippen LogP contribution < -0.4 is 10.1 Å². The summed E-state index contributed by atoms with van der Waals surface area (Å²) in [5.41, 5.74) is 1.30. The van der Waals surface area contributed by atoms with E-state index in [1.165, 1.54) is 0 Å². The molecule has 2 aromatic heterocycles. The Bertz CT molecular complexity index is 877. The van der Waals surface area contributed by atoms with Gasteiger partial charge in [-0.2, -0.15) is 0 Å². The molecule has 1 N–H and O–H groups in total. The van der Waals surface area contributed by atoms with E-state index in [4.69, 9.17) is 4.74 Å². The number of amides is 1. The highest BCUT2D eigenvalue weighted by atomic mass is 32.2. The number of thioether (sulfide) groups is 1. The second-order valence-electron chi connectivity index (χ2n) is 5.54. The number of rotatable bonds is 7. The van der Waals surface area contributed by atoms with Gasteiger partial charge in [0.2, 0.25) is 0 Å². The first kappa shape index (κ1) is 18.0. The molecule has 7 heteroatoms. The molecule has 1 amide bonds. The average Bonchev–Trinajstić information content (AvgIpc) is 3.06. The second kappa shape index (κ2) is 8.53. The fraction of sp³-hybridized carbons (Fsp3) is 0.211. The maximum absolute atomic E-state index is 12.4. The smallest absolute Gasteiger partial charge is 0.255 e. The standard InChI is InChI=1S/C19H20N4O2S/c1-3-26-18-12-14(8-9-21-18)19(24)22-15-4-6-16(7-5-15)25-13-17-20-10-11-23(17)2/h4-12H,3,13H2,1-2H3,(H,22,24). The van der Waals surface area contributed by atoms with Gasteiger partial charge in [0, 0.05) is 36.9 Å². The normalized spacial score (nSPS) is 10.5. The lowest BCUT2D eigenvalue weighted by Crippen LogP contribution is -2.12. The molecule has 6 nitrogen and oxygen atoms in total. The van der Waals surface area contributed by atoms with Crippen molar-refractivity contribution in [3.8, 4) is 5.75 Å². The number of aryl methyl sites for hydroxylation is 1. The lowest BCUT2D eigenvalue weighted by Gasteiger charge is -2.09. The van der Waals surface area contributed by atoms with Crippen molar-refractivity contribution in [3.63, 3.8) is 0 Å². The minimum atomic E-state index is -0.160. The molecular weight excluding hydrogens is 348 g/mol. The van der Waals surface area contributed by atoms with Gasteiger partial charge < -0.3 is 14.6 Å². The van der Waals surface area contributed by atoms with Gasteiger partial charge in [-0.1, -0.05) is 6.92 Å². The van der Waals surface area contributed by atoms with Crippen LogP contribution >= 0.6 is 11.8 Å². The molecule has 0 aliphatic heterocycles. The van der Waals surface area contributed by atoms with Crippen molar-refractivity contribution >= 4 is 23.4 Å². The van der Waals surface area contributed by atoms with Crippen molar-refractivity contribution in [3.05, 3.63) is 66.4 Å². The number of carbonyl (C=O) groups excluding carboxylic acids is 1. The molecule has 0 bridgehead atoms. The van der Waals surface area contributed by atoms with Gasteiger partial charge in [0.15, 0.2) is 0 Å². The van der Waals surface area contributed by atoms with E-state index in [0.29, 0.717) is 17.9 Å². The predicted molar refractivity (Wildman–Crippen MR) is 103 cm³/mol. The van der Waals surface area contributed by atoms with Crippen molar-refractivity contribution in [2.45, 2.75) is 18.6 Å². The topological polar surface area (TPSA) is 69.0 Å². The molecule has 3 aromatic rings. The summed E-state index contributed by atoms with van der Waals surface area (Å²) in [5, 5.41) is 3.73. The van der Waals surface area contributed by atoms with Crippen molar-refractivity contribution in [1.29, 1.82) is 0 Å². The van der Waals surface area contributed by atoms with Gasteiger partial charge in [0.1, 0.15) is 18.2 Å². The number of hydrogen-bond donors (Lipinski definition) is 1. The summed E-state index contributed by atoms with van der Waals surface area (Å²) in [7, 11) is 1.92. The van der Waals surface area contributed by atoms with Gasteiger partial charge in [0.25, 0.3) is 5.91 Å². The van der Waals surface area contributed by atoms with Crippen LogP contribution in [0.3, 0.4) is 0 Å². The van der Waals surface area contributed by atoms with E-state index >= 15 is 0 Å². The van der Waals surface area contributed by atoms with Gasteiger partial charge in [-0.3, -0.25) is 4.79 Å². The number of benzene rings is 1. The van der Waals surface area contributed by atoms with Crippen LogP contribution in [0.15, 0.2) is 60.0 Å². The SMILES string of the molecule is CCSc1cc(C(=O)Nc2ccc(OCc3nccn3C)cc2)ccn1. The van der Waals surface area contributed by atoms with E-state index in [1.54, 1.807) is 36.3 Å². The third-order valence-electron chi connectivity index (χ3n) is 3.69. The molecule has 0 radical (unpaired) electrons. The summed E-state index contributed by atoms with van der Waals surface area (Å²) in [6.45, 7) is 2.45. The predicted octanol–water partition coefficient (Wildman–Crippen LogP) is 3.76. The fourth-order valence-corrected chi connectivity index (χ4v) is 2.94. The minimum absolute atomic E-state index is 0.160. The molecule has 0 saturated carbocycles. The zero-order valence-corrected chi connectivity index (χ0v) is 15.5. The van der Waals surface area contributed by atoms with Crippen LogP contribution in [0.5, 0.6) is 5.75 Å². The van der Waals surface area contributed by atoms with E-state index in [0.717, 1.165) is 22.4 Å². The maximum atomic E-state index is 12.4. The number of anilines is 1. The van der Waals surface area contributed by atoms with Gasteiger partial charge >= 0.3 is 0 Å². The average molecular weight is 368 g/mol. The first-order valence-electron chi connectivity index (χ1n) is 8.25. The van der Waals surface area contributed by atoms with Crippen molar-refractivity contribution < 1.29 is 9.53 Å². The highest BCUT2D eigenvalue weighted by molar-refractivity contribution is 7.99. The zero-order chi connectivity index (χ0) is 18.4. The molecule has 134 valence electrons. The summed E-state index contributed by atoms with van der Waals surface area (Å²) >= 11 is 1.61. The third-order valence-corrected chi connectivity index (χ3v) is 4.50. The minimum Gasteiger partial charge on any atom is -0.486 e. The van der Waals surface area contributed by atoms with Crippen LogP contribution in [-0.4, -0.2) is 26.2 Å². The van der Waals surface area contributed by atoms with Crippen LogP contribution in [-0.2, 0) is 13.7 Å². The summed E-state index contributed by atoms with van der Waals surface area (Å²) < 4.78 is 7.62. The number of nitrogens with zero attached hydrogens (tertiary/aromatic N) is 3. The molecule has 0 spiro atoms. The van der Waals surface area contributed by atoms with Crippen molar-refractivity contribution in [2.24, 2.45) is 7.05 Å². The zero-order valence-electron chi connectivity index (χ0n) is 14.7. The largest absolute Gasteiger partial charge is 0.486 e. The Morgan fingerprint density at radius 2 is 2.00 bits per heavy atom. The number of hydrogen-bond acceptors (Lipinski definition) is 5. The maximum Gasteiger partial charge on any atom is 0.255 e. The highest BCUT2D eigenvalue weighted by Crippen LogP contribution is 2.19. The Labute approximate surface area is 156 Å². The highest BCUT2D eigenvalue weighted by Gasteiger charge is 2.08. The molecule has 3 rings (SSSR count). The van der Waals surface area contributed by atoms with Gasteiger partial charge in [-0.05, 0) is 42.2 Å². The Kier molecular flexibility index (Phi) is 5.91. The van der Waals surface area contributed by atoms with E-state index in [-0.39, 0.29) is 5.91 Å². The summed E-state index contributed by atoms with van der Waals surface area (Å²) in [4.78, 5) is 20.8. The molecule has 0 unspecified atom stereocenters. The Hall–Kier alpha value is -2.80. The van der Waals surface area contributed by atoms with E-state index in [9.17, 15) is 4.79 Å². The van der Waals surface area contributed by atoms with E-state index < -0.39 is 0 Å². The van der Waals surface area contributed by atoms with Crippen LogP contribution in [0.4, 0.5) is 5.69 Å². The lowest BCUT2D eigenvalue weighted by molar-refractivity contribution is 0.102.